The van der Waals surface area contributed by atoms with Gasteiger partial charge in [-0.05, 0) is 30.9 Å². The van der Waals surface area contributed by atoms with Crippen molar-refractivity contribution in [1.29, 1.82) is 0 Å². The number of alkyl halides is 3. The van der Waals surface area contributed by atoms with Crippen molar-refractivity contribution in [2.45, 2.75) is 25.1 Å². The summed E-state index contributed by atoms with van der Waals surface area (Å²) in [6, 6.07) is 1.99. The second-order valence-corrected chi connectivity index (χ2v) is 4.67. The predicted octanol–water partition coefficient (Wildman–Crippen LogP) is 3.69. The van der Waals surface area contributed by atoms with Crippen molar-refractivity contribution in [3.63, 3.8) is 0 Å². The Bertz CT molecular complexity index is 446. The van der Waals surface area contributed by atoms with Crippen LogP contribution in [0.2, 0.25) is 0 Å². The van der Waals surface area contributed by atoms with E-state index < -0.39 is 29.2 Å². The van der Waals surface area contributed by atoms with E-state index in [0.717, 1.165) is 18.2 Å². The Morgan fingerprint density at radius 3 is 2.35 bits per heavy atom. The number of rotatable bonds is 2. The zero-order valence-electron chi connectivity index (χ0n) is 10.6. The molecular weight excluding hydrogens is 298 g/mol. The Morgan fingerprint density at radius 2 is 1.80 bits per heavy atom. The van der Waals surface area contributed by atoms with E-state index in [9.17, 15) is 17.6 Å². The maximum Gasteiger partial charge on any atom is 0.416 e. The molecule has 0 unspecified atom stereocenters. The molecule has 2 N–H and O–H groups in total. The maximum atomic E-state index is 13.8. The molecule has 114 valence electrons. The molecule has 1 aliphatic heterocycles. The Hall–Kier alpha value is -0.850. The monoisotopic (exact) mass is 313 g/mol. The summed E-state index contributed by atoms with van der Waals surface area (Å²) >= 11 is 0. The predicted molar refractivity (Wildman–Crippen MR) is 69.1 cm³/mol. The van der Waals surface area contributed by atoms with E-state index in [-0.39, 0.29) is 18.3 Å². The molecule has 1 heterocycles. The maximum absolute atomic E-state index is 13.8. The summed E-state index contributed by atoms with van der Waals surface area (Å²) in [6.07, 6.45) is -3.50. The van der Waals surface area contributed by atoms with Crippen molar-refractivity contribution in [3.05, 3.63) is 35.1 Å². The van der Waals surface area contributed by atoms with Gasteiger partial charge < -0.3 is 10.5 Å². The molecule has 0 radical (unpaired) electrons. The molecule has 0 saturated carbocycles. The fourth-order valence-electron chi connectivity index (χ4n) is 2.43. The Morgan fingerprint density at radius 1 is 1.20 bits per heavy atom. The second kappa shape index (κ2) is 6.74. The van der Waals surface area contributed by atoms with Crippen molar-refractivity contribution < 1.29 is 22.3 Å². The Balaban J connectivity index is 0.00000200. The molecule has 1 fully saturated rings. The van der Waals surface area contributed by atoms with Gasteiger partial charge in [0.25, 0.3) is 0 Å². The van der Waals surface area contributed by atoms with Gasteiger partial charge in [-0.3, -0.25) is 0 Å². The van der Waals surface area contributed by atoms with Crippen molar-refractivity contribution in [1.82, 2.24) is 0 Å². The van der Waals surface area contributed by atoms with Crippen LogP contribution in [-0.2, 0) is 10.9 Å². The molecule has 0 bridgehead atoms. The lowest BCUT2D eigenvalue weighted by molar-refractivity contribution is -0.138. The van der Waals surface area contributed by atoms with Crippen LogP contribution in [0.4, 0.5) is 17.6 Å². The van der Waals surface area contributed by atoms with Gasteiger partial charge in [0.05, 0.1) is 5.56 Å². The molecule has 7 heteroatoms. The summed E-state index contributed by atoms with van der Waals surface area (Å²) in [6.45, 7) is 0.905. The number of hydrogen-bond donors (Lipinski definition) is 1. The molecule has 1 atom stereocenters. The lowest BCUT2D eigenvalue weighted by Crippen LogP contribution is -2.30. The van der Waals surface area contributed by atoms with Crippen molar-refractivity contribution in [2.24, 2.45) is 11.7 Å². The summed E-state index contributed by atoms with van der Waals surface area (Å²) < 4.78 is 57.6. The van der Waals surface area contributed by atoms with E-state index in [4.69, 9.17) is 10.5 Å². The van der Waals surface area contributed by atoms with Gasteiger partial charge in [0.1, 0.15) is 5.82 Å². The molecule has 0 spiro atoms. The molecule has 0 amide bonds. The number of hydrogen-bond acceptors (Lipinski definition) is 2. The minimum absolute atomic E-state index is 0. The second-order valence-electron chi connectivity index (χ2n) is 4.67. The first kappa shape index (κ1) is 17.2. The highest BCUT2D eigenvalue weighted by molar-refractivity contribution is 5.85. The topological polar surface area (TPSA) is 35.2 Å². The molecule has 0 aliphatic carbocycles. The molecule has 20 heavy (non-hydrogen) atoms. The van der Waals surface area contributed by atoms with Crippen molar-refractivity contribution in [3.8, 4) is 0 Å². The molecule has 1 aromatic carbocycles. The number of nitrogens with two attached hydrogens (primary N) is 1. The lowest BCUT2D eigenvalue weighted by Gasteiger charge is -2.29. The van der Waals surface area contributed by atoms with Crippen molar-refractivity contribution >= 4 is 12.4 Å². The van der Waals surface area contributed by atoms with E-state index in [1.54, 1.807) is 0 Å². The summed E-state index contributed by atoms with van der Waals surface area (Å²) in [7, 11) is 0. The highest BCUT2D eigenvalue weighted by Crippen LogP contribution is 2.39. The van der Waals surface area contributed by atoms with Crippen LogP contribution in [0.15, 0.2) is 18.2 Å². The lowest BCUT2D eigenvalue weighted by atomic mass is 9.85. The molecule has 1 aliphatic rings. The van der Waals surface area contributed by atoms with Gasteiger partial charge >= 0.3 is 6.18 Å². The van der Waals surface area contributed by atoms with E-state index in [0.29, 0.717) is 26.1 Å². The minimum Gasteiger partial charge on any atom is -0.381 e. The average Bonchev–Trinajstić information content (AvgIpc) is 2.37. The fraction of sp³-hybridized carbons (Fsp3) is 0.538. The van der Waals surface area contributed by atoms with Gasteiger partial charge in [-0.1, -0.05) is 6.07 Å². The van der Waals surface area contributed by atoms with E-state index in [1.165, 1.54) is 0 Å². The third-order valence-corrected chi connectivity index (χ3v) is 3.47. The summed E-state index contributed by atoms with van der Waals surface area (Å²) in [5, 5.41) is 0. The third-order valence-electron chi connectivity index (χ3n) is 3.47. The summed E-state index contributed by atoms with van der Waals surface area (Å²) in [5.74, 6) is -1.08. The van der Waals surface area contributed by atoms with Crippen LogP contribution < -0.4 is 5.73 Å². The number of benzene rings is 1. The molecule has 2 rings (SSSR count). The first-order chi connectivity index (χ1) is 8.91. The smallest absolute Gasteiger partial charge is 0.381 e. The van der Waals surface area contributed by atoms with Gasteiger partial charge in [-0.15, -0.1) is 12.4 Å². The molecule has 1 saturated heterocycles. The number of ether oxygens (including phenoxy) is 1. The Kier molecular flexibility index (Phi) is 5.79. The average molecular weight is 314 g/mol. The zero-order valence-corrected chi connectivity index (χ0v) is 11.4. The van der Waals surface area contributed by atoms with E-state index in [1.807, 2.05) is 0 Å². The third kappa shape index (κ3) is 3.62. The quantitative estimate of drug-likeness (QED) is 0.845. The molecular formula is C13H16ClF4NO. The largest absolute Gasteiger partial charge is 0.416 e. The molecule has 1 aromatic rings. The normalized spacial score (nSPS) is 18.4. The first-order valence-corrected chi connectivity index (χ1v) is 6.10. The van der Waals surface area contributed by atoms with Gasteiger partial charge in [0, 0.05) is 24.8 Å². The molecule has 0 aromatic heterocycles. The highest BCUT2D eigenvalue weighted by atomic mass is 35.5. The van der Waals surface area contributed by atoms with Crippen LogP contribution in [-0.4, -0.2) is 13.2 Å². The van der Waals surface area contributed by atoms with Gasteiger partial charge in [0.2, 0.25) is 0 Å². The minimum atomic E-state index is -4.60. The molecule has 2 nitrogen and oxygen atoms in total. The Labute approximate surface area is 120 Å². The zero-order chi connectivity index (χ0) is 14.0. The summed E-state index contributed by atoms with van der Waals surface area (Å²) in [4.78, 5) is 0. The van der Waals surface area contributed by atoms with E-state index in [2.05, 4.69) is 0 Å². The summed E-state index contributed by atoms with van der Waals surface area (Å²) in [5.41, 5.74) is 4.46. The van der Waals surface area contributed by atoms with Crippen LogP contribution in [0.1, 0.15) is 30.0 Å². The highest BCUT2D eigenvalue weighted by Gasteiger charge is 2.37. The van der Waals surface area contributed by atoms with Crippen LogP contribution in [0.3, 0.4) is 0 Å². The van der Waals surface area contributed by atoms with Gasteiger partial charge in [-0.2, -0.15) is 13.2 Å². The number of halogens is 5. The van der Waals surface area contributed by atoms with Crippen LogP contribution in [0, 0.1) is 11.7 Å². The standard InChI is InChI=1S/C13H15F4NO.ClH/c14-10-3-1-2-9(13(15,16)17)11(10)12(18)8-4-6-19-7-5-8;/h1-3,8,12H,4-7,18H2;1H/t12-;/m0./s1. The van der Waals surface area contributed by atoms with Crippen LogP contribution in [0.5, 0.6) is 0 Å². The SMILES string of the molecule is Cl.N[C@H](c1c(F)cccc1C(F)(F)F)C1CCOCC1. The van der Waals surface area contributed by atoms with Gasteiger partial charge in [-0.25, -0.2) is 4.39 Å². The fourth-order valence-corrected chi connectivity index (χ4v) is 2.43. The first-order valence-electron chi connectivity index (χ1n) is 6.10. The van der Waals surface area contributed by atoms with Crippen LogP contribution in [0.25, 0.3) is 0 Å². The van der Waals surface area contributed by atoms with Crippen LogP contribution >= 0.6 is 12.4 Å². The van der Waals surface area contributed by atoms with E-state index >= 15 is 0 Å². The van der Waals surface area contributed by atoms with Gasteiger partial charge in [0.15, 0.2) is 0 Å². The van der Waals surface area contributed by atoms with Crippen molar-refractivity contribution in [2.75, 3.05) is 13.2 Å².